The van der Waals surface area contributed by atoms with Crippen LogP contribution in [0.4, 0.5) is 0 Å². The minimum Gasteiger partial charge on any atom is -0.504 e. The first kappa shape index (κ1) is 30.6. The number of aliphatic hydroxyl groups is 2. The number of hydrogen-bond donors (Lipinski definition) is 11. The molecule has 5 rings (SSSR count). The predicted molar refractivity (Wildman–Crippen MR) is 139 cm³/mol. The average molecular weight is 634 g/mol. The molecule has 0 radical (unpaired) electrons. The highest BCUT2D eigenvalue weighted by atomic mass is 16.7. The van der Waals surface area contributed by atoms with Crippen molar-refractivity contribution in [2.75, 3.05) is 6.61 Å². The maximum atomic E-state index is 13.6. The van der Waals surface area contributed by atoms with Crippen molar-refractivity contribution in [1.29, 1.82) is 0 Å². The molecule has 3 aromatic carbocycles. The van der Waals surface area contributed by atoms with E-state index in [-0.39, 0.29) is 0 Å². The molecule has 18 nitrogen and oxygen atoms in total. The van der Waals surface area contributed by atoms with Gasteiger partial charge in [0.1, 0.15) is 6.10 Å². The van der Waals surface area contributed by atoms with Gasteiger partial charge in [0.15, 0.2) is 64.8 Å². The standard InChI is InChI=1S/C27H22O18/c28-5-13-21(43-24(38)6-1-9(29)16(33)10(30)2-6)22-23(27(41)42-13)45-26(40)8-4-12(32)18(35)20(37)15(8)14-7(25(39)44-22)3-11(31)17(34)19(14)36/h1-4,13,21-23,27-37,41H,5H2/t13-,21-,22+,23-,27-/m1/s1. The van der Waals surface area contributed by atoms with E-state index in [0.29, 0.717) is 24.3 Å². The zero-order valence-corrected chi connectivity index (χ0v) is 22.2. The van der Waals surface area contributed by atoms with Crippen molar-refractivity contribution in [3.05, 3.63) is 41.0 Å². The largest absolute Gasteiger partial charge is 0.504 e. The van der Waals surface area contributed by atoms with Gasteiger partial charge in [-0.2, -0.15) is 0 Å². The molecule has 5 atom stereocenters. The second-order valence-electron chi connectivity index (χ2n) is 9.75. The molecule has 2 heterocycles. The Bertz CT molecular complexity index is 1730. The quantitative estimate of drug-likeness (QED) is 0.100. The van der Waals surface area contributed by atoms with Gasteiger partial charge in [0.25, 0.3) is 0 Å². The first-order chi connectivity index (χ1) is 21.2. The summed E-state index contributed by atoms with van der Waals surface area (Å²) in [7, 11) is 0. The van der Waals surface area contributed by atoms with Crippen LogP contribution < -0.4 is 0 Å². The molecule has 18 heteroatoms. The summed E-state index contributed by atoms with van der Waals surface area (Å²) >= 11 is 0. The molecule has 0 aliphatic carbocycles. The van der Waals surface area contributed by atoms with Crippen molar-refractivity contribution in [2.45, 2.75) is 30.7 Å². The number of phenolic OH excluding ortho intramolecular Hbond substituents is 9. The van der Waals surface area contributed by atoms with E-state index in [1.807, 2.05) is 0 Å². The summed E-state index contributed by atoms with van der Waals surface area (Å²) < 4.78 is 21.2. The monoisotopic (exact) mass is 634 g/mol. The van der Waals surface area contributed by atoms with E-state index in [2.05, 4.69) is 0 Å². The zero-order chi connectivity index (χ0) is 33.1. The first-order valence-corrected chi connectivity index (χ1v) is 12.5. The lowest BCUT2D eigenvalue weighted by Gasteiger charge is -2.43. The van der Waals surface area contributed by atoms with E-state index in [1.54, 1.807) is 0 Å². The maximum absolute atomic E-state index is 13.6. The molecule has 2 aliphatic rings. The first-order valence-electron chi connectivity index (χ1n) is 12.5. The van der Waals surface area contributed by atoms with Crippen molar-refractivity contribution in [3.8, 4) is 62.9 Å². The molecule has 0 bridgehead atoms. The Labute approximate surface area is 248 Å². The summed E-state index contributed by atoms with van der Waals surface area (Å²) in [5, 5.41) is 112. The number of aromatic hydroxyl groups is 9. The number of rotatable bonds is 3. The topological polar surface area (TPSA) is 311 Å². The predicted octanol–water partition coefficient (Wildman–Crippen LogP) is -0.297. The normalized spacial score (nSPS) is 22.7. The number of aliphatic hydroxyl groups excluding tert-OH is 2. The molecule has 45 heavy (non-hydrogen) atoms. The number of fused-ring (bicyclic) bond motifs is 4. The zero-order valence-electron chi connectivity index (χ0n) is 22.2. The van der Waals surface area contributed by atoms with Crippen molar-refractivity contribution < 1.29 is 89.5 Å². The molecule has 3 aromatic rings. The average Bonchev–Trinajstić information content (AvgIpc) is 2.99. The number of esters is 3. The Hall–Kier alpha value is -5.85. The minimum absolute atomic E-state index is 0.532. The van der Waals surface area contributed by atoms with Crippen LogP contribution in [0.2, 0.25) is 0 Å². The fourth-order valence-corrected chi connectivity index (χ4v) is 4.85. The van der Waals surface area contributed by atoms with E-state index >= 15 is 0 Å². The van der Waals surface area contributed by atoms with Crippen LogP contribution in [0, 0.1) is 0 Å². The summed E-state index contributed by atoms with van der Waals surface area (Å²) in [5.41, 5.74) is -4.16. The lowest BCUT2D eigenvalue weighted by atomic mass is 9.91. The van der Waals surface area contributed by atoms with Crippen LogP contribution in [-0.4, -0.2) is 111 Å². The van der Waals surface area contributed by atoms with Crippen molar-refractivity contribution in [3.63, 3.8) is 0 Å². The van der Waals surface area contributed by atoms with Gasteiger partial charge in [0.05, 0.1) is 23.3 Å². The van der Waals surface area contributed by atoms with Crippen LogP contribution in [0.25, 0.3) is 11.1 Å². The van der Waals surface area contributed by atoms with E-state index in [1.165, 1.54) is 0 Å². The molecule has 0 aromatic heterocycles. The van der Waals surface area contributed by atoms with Crippen LogP contribution in [0.3, 0.4) is 0 Å². The van der Waals surface area contributed by atoms with Crippen molar-refractivity contribution in [1.82, 2.24) is 0 Å². The van der Waals surface area contributed by atoms with Crippen molar-refractivity contribution in [2.24, 2.45) is 0 Å². The molecule has 0 unspecified atom stereocenters. The second kappa shape index (κ2) is 11.0. The fourth-order valence-electron chi connectivity index (χ4n) is 4.85. The Kier molecular flexibility index (Phi) is 7.49. The third-order valence-electron chi connectivity index (χ3n) is 7.02. The molecule has 11 N–H and O–H groups in total. The van der Waals surface area contributed by atoms with E-state index < -0.39 is 135 Å². The van der Waals surface area contributed by atoms with Gasteiger partial charge >= 0.3 is 17.9 Å². The smallest absolute Gasteiger partial charge is 0.339 e. The number of hydrogen-bond acceptors (Lipinski definition) is 18. The van der Waals surface area contributed by atoms with Gasteiger partial charge in [0.2, 0.25) is 11.5 Å². The second-order valence-corrected chi connectivity index (χ2v) is 9.75. The molecule has 0 amide bonds. The summed E-state index contributed by atoms with van der Waals surface area (Å²) in [6.07, 6.45) is -10.1. The van der Waals surface area contributed by atoms with E-state index in [0.717, 1.165) is 0 Å². The lowest BCUT2D eigenvalue weighted by molar-refractivity contribution is -0.284. The maximum Gasteiger partial charge on any atom is 0.339 e. The van der Waals surface area contributed by atoms with E-state index in [9.17, 15) is 70.6 Å². The molecule has 1 saturated heterocycles. The van der Waals surface area contributed by atoms with Gasteiger partial charge in [-0.25, -0.2) is 14.4 Å². The van der Waals surface area contributed by atoms with Crippen LogP contribution in [0.15, 0.2) is 24.3 Å². The Morgan fingerprint density at radius 2 is 1.11 bits per heavy atom. The van der Waals surface area contributed by atoms with Gasteiger partial charge in [0, 0.05) is 11.1 Å². The highest BCUT2D eigenvalue weighted by Gasteiger charge is 2.53. The number of ether oxygens (including phenoxy) is 4. The Morgan fingerprint density at radius 1 is 0.667 bits per heavy atom. The van der Waals surface area contributed by atoms with Crippen LogP contribution >= 0.6 is 0 Å². The molecule has 1 fully saturated rings. The van der Waals surface area contributed by atoms with Crippen LogP contribution in [0.1, 0.15) is 31.1 Å². The van der Waals surface area contributed by atoms with E-state index in [4.69, 9.17) is 18.9 Å². The van der Waals surface area contributed by atoms with Gasteiger partial charge in [-0.15, -0.1) is 0 Å². The summed E-state index contributed by atoms with van der Waals surface area (Å²) in [5.74, 6) is -14.7. The Morgan fingerprint density at radius 3 is 1.58 bits per heavy atom. The summed E-state index contributed by atoms with van der Waals surface area (Å²) in [4.78, 5) is 40.1. The number of carbonyl (C=O) groups is 3. The lowest BCUT2D eigenvalue weighted by Crippen LogP contribution is -2.62. The summed E-state index contributed by atoms with van der Waals surface area (Å²) in [6, 6.07) is 2.43. The highest BCUT2D eigenvalue weighted by molar-refractivity contribution is 6.08. The van der Waals surface area contributed by atoms with Gasteiger partial charge in [-0.1, -0.05) is 0 Å². The molecule has 0 spiro atoms. The molecular weight excluding hydrogens is 612 g/mol. The van der Waals surface area contributed by atoms with Crippen LogP contribution in [-0.2, 0) is 18.9 Å². The number of phenols is 9. The molecular formula is C27H22O18. The third-order valence-corrected chi connectivity index (χ3v) is 7.02. The molecule has 0 saturated carbocycles. The van der Waals surface area contributed by atoms with Gasteiger partial charge in [-0.3, -0.25) is 0 Å². The fraction of sp³-hybridized carbons (Fsp3) is 0.222. The summed E-state index contributed by atoms with van der Waals surface area (Å²) in [6.45, 7) is -1.02. The number of carbonyl (C=O) groups excluding carboxylic acids is 3. The Balaban J connectivity index is 1.69. The number of benzene rings is 3. The van der Waals surface area contributed by atoms with Gasteiger partial charge < -0.3 is 75.1 Å². The third kappa shape index (κ3) is 4.97. The van der Waals surface area contributed by atoms with Crippen molar-refractivity contribution >= 4 is 17.9 Å². The molecule has 2 aliphatic heterocycles. The highest BCUT2D eigenvalue weighted by Crippen LogP contribution is 2.53. The van der Waals surface area contributed by atoms with Gasteiger partial charge in [-0.05, 0) is 24.3 Å². The molecule has 238 valence electrons. The van der Waals surface area contributed by atoms with Crippen LogP contribution in [0.5, 0.6) is 51.7 Å². The minimum atomic E-state index is -2.22. The SMILES string of the molecule is O=C(O[C@H]1[C@@H]2OC(=O)c3cc(O)c(O)c(O)c3-c3c(cc(O)c(O)c3O)C(=O)O[C@H]2[C@H](O)O[C@@H]1CO)c1cc(O)c(O)c(O)c1.